The number of rotatable bonds is 2. The number of hydrogen-bond acceptors (Lipinski definition) is 3. The quantitative estimate of drug-likeness (QED) is 0.821. The smallest absolute Gasteiger partial charge is 0.0895 e. The Morgan fingerprint density at radius 1 is 1.11 bits per heavy atom. The number of piperazine rings is 1. The van der Waals surface area contributed by atoms with Crippen molar-refractivity contribution >= 4 is 11.2 Å². The van der Waals surface area contributed by atoms with Crippen LogP contribution in [0.25, 0.3) is 5.52 Å². The average molecular weight is 256 g/mol. The van der Waals surface area contributed by atoms with Gasteiger partial charge in [0.25, 0.3) is 0 Å². The Bertz CT molecular complexity index is 591. The molecule has 0 aromatic carbocycles. The van der Waals surface area contributed by atoms with E-state index in [1.807, 2.05) is 6.20 Å². The number of hydrogen-bond donors (Lipinski definition) is 0. The molecule has 1 aliphatic carbocycles. The molecule has 0 N–H and O–H groups in total. The zero-order valence-corrected chi connectivity index (χ0v) is 11.4. The van der Waals surface area contributed by atoms with Gasteiger partial charge in [0.05, 0.1) is 17.4 Å². The lowest BCUT2D eigenvalue weighted by Gasteiger charge is -2.33. The summed E-state index contributed by atoms with van der Waals surface area (Å²) >= 11 is 0. The summed E-state index contributed by atoms with van der Waals surface area (Å²) in [6, 6.07) is 4.53. The highest BCUT2D eigenvalue weighted by Crippen LogP contribution is 2.40. The number of fused-ring (bicyclic) bond motifs is 1. The molecule has 2 aliphatic rings. The van der Waals surface area contributed by atoms with Crippen molar-refractivity contribution in [3.05, 3.63) is 30.1 Å². The van der Waals surface area contributed by atoms with Crippen LogP contribution < -0.4 is 4.90 Å². The van der Waals surface area contributed by atoms with Crippen LogP contribution >= 0.6 is 0 Å². The molecule has 0 radical (unpaired) electrons. The zero-order valence-electron chi connectivity index (χ0n) is 11.4. The van der Waals surface area contributed by atoms with E-state index >= 15 is 0 Å². The van der Waals surface area contributed by atoms with Crippen LogP contribution in [0.1, 0.15) is 24.3 Å². The van der Waals surface area contributed by atoms with Crippen molar-refractivity contribution in [1.29, 1.82) is 0 Å². The molecule has 1 aliphatic heterocycles. The molecule has 0 unspecified atom stereocenters. The molecular formula is C15H20N4. The third-order valence-electron chi connectivity index (χ3n) is 4.41. The second-order valence-corrected chi connectivity index (χ2v) is 5.89. The molecule has 3 heterocycles. The minimum Gasteiger partial charge on any atom is -0.366 e. The molecule has 0 amide bonds. The maximum Gasteiger partial charge on any atom is 0.0895 e. The number of likely N-dealkylation sites (N-methyl/N-ethyl adjacent to an activating group) is 1. The van der Waals surface area contributed by atoms with Crippen molar-refractivity contribution in [2.45, 2.75) is 18.8 Å². The van der Waals surface area contributed by atoms with Gasteiger partial charge in [-0.05, 0) is 37.4 Å². The van der Waals surface area contributed by atoms with Crippen molar-refractivity contribution < 1.29 is 0 Å². The molecule has 19 heavy (non-hydrogen) atoms. The number of anilines is 1. The first-order chi connectivity index (χ1) is 9.31. The van der Waals surface area contributed by atoms with Crippen LogP contribution in [-0.4, -0.2) is 47.7 Å². The molecule has 0 spiro atoms. The van der Waals surface area contributed by atoms with Crippen molar-refractivity contribution in [2.75, 3.05) is 38.1 Å². The van der Waals surface area contributed by atoms with Gasteiger partial charge in [-0.3, -0.25) is 0 Å². The Kier molecular flexibility index (Phi) is 2.52. The fourth-order valence-corrected chi connectivity index (χ4v) is 2.94. The second kappa shape index (κ2) is 4.23. The van der Waals surface area contributed by atoms with Crippen LogP contribution in [0.15, 0.2) is 24.5 Å². The van der Waals surface area contributed by atoms with Gasteiger partial charge in [0.15, 0.2) is 0 Å². The minimum atomic E-state index is 0.792. The Morgan fingerprint density at radius 2 is 1.89 bits per heavy atom. The minimum absolute atomic E-state index is 0.792. The van der Waals surface area contributed by atoms with Gasteiger partial charge in [0, 0.05) is 32.4 Å². The van der Waals surface area contributed by atoms with E-state index in [1.165, 1.54) is 29.6 Å². The molecule has 100 valence electrons. The first-order valence-electron chi connectivity index (χ1n) is 7.22. The van der Waals surface area contributed by atoms with Gasteiger partial charge in [0.2, 0.25) is 0 Å². The maximum atomic E-state index is 4.55. The Balaban J connectivity index is 1.66. The monoisotopic (exact) mass is 256 g/mol. The summed E-state index contributed by atoms with van der Waals surface area (Å²) in [6.45, 7) is 4.47. The van der Waals surface area contributed by atoms with Gasteiger partial charge in [-0.1, -0.05) is 6.07 Å². The van der Waals surface area contributed by atoms with Crippen LogP contribution in [0.3, 0.4) is 0 Å². The van der Waals surface area contributed by atoms with E-state index in [0.29, 0.717) is 0 Å². The van der Waals surface area contributed by atoms with E-state index in [0.717, 1.165) is 32.1 Å². The Morgan fingerprint density at radius 3 is 2.63 bits per heavy atom. The van der Waals surface area contributed by atoms with Gasteiger partial charge >= 0.3 is 0 Å². The Labute approximate surface area is 113 Å². The van der Waals surface area contributed by atoms with Gasteiger partial charge < -0.3 is 9.80 Å². The number of nitrogens with zero attached hydrogens (tertiary/aromatic N) is 4. The van der Waals surface area contributed by atoms with Crippen molar-refractivity contribution in [2.24, 2.45) is 0 Å². The van der Waals surface area contributed by atoms with E-state index in [2.05, 4.69) is 44.8 Å². The molecule has 2 aromatic heterocycles. The fourth-order valence-electron chi connectivity index (χ4n) is 2.94. The molecule has 0 atom stereocenters. The largest absolute Gasteiger partial charge is 0.366 e. The topological polar surface area (TPSA) is 23.8 Å². The van der Waals surface area contributed by atoms with Crippen molar-refractivity contribution in [3.63, 3.8) is 0 Å². The molecule has 4 nitrogen and oxygen atoms in total. The maximum absolute atomic E-state index is 4.55. The standard InChI is InChI=1S/C15H20N4/c1-17-6-8-18(9-7-17)15-10-16-19-11-13(12-2-3-12)4-5-14(15)19/h4-5,10-12H,2-3,6-9H2,1H3. The predicted molar refractivity (Wildman–Crippen MR) is 76.9 cm³/mol. The molecule has 1 saturated carbocycles. The lowest BCUT2D eigenvalue weighted by Crippen LogP contribution is -2.44. The highest BCUT2D eigenvalue weighted by Gasteiger charge is 2.24. The summed E-state index contributed by atoms with van der Waals surface area (Å²) < 4.78 is 2.06. The average Bonchev–Trinajstić information content (AvgIpc) is 3.20. The lowest BCUT2D eigenvalue weighted by atomic mass is 10.2. The van der Waals surface area contributed by atoms with Crippen LogP contribution in [0.5, 0.6) is 0 Å². The zero-order chi connectivity index (χ0) is 12.8. The lowest BCUT2D eigenvalue weighted by molar-refractivity contribution is 0.313. The first-order valence-corrected chi connectivity index (χ1v) is 7.22. The highest BCUT2D eigenvalue weighted by molar-refractivity contribution is 5.72. The van der Waals surface area contributed by atoms with Crippen LogP contribution in [0.2, 0.25) is 0 Å². The molecule has 0 bridgehead atoms. The summed E-state index contributed by atoms with van der Waals surface area (Å²) in [6.07, 6.45) is 6.93. The van der Waals surface area contributed by atoms with Crippen LogP contribution in [0, 0.1) is 0 Å². The van der Waals surface area contributed by atoms with E-state index < -0.39 is 0 Å². The summed E-state index contributed by atoms with van der Waals surface area (Å²) in [4.78, 5) is 4.84. The molecule has 2 aromatic rings. The second-order valence-electron chi connectivity index (χ2n) is 5.89. The molecule has 2 fully saturated rings. The molecular weight excluding hydrogens is 236 g/mol. The molecule has 4 heteroatoms. The van der Waals surface area contributed by atoms with Crippen molar-refractivity contribution in [3.8, 4) is 0 Å². The van der Waals surface area contributed by atoms with Crippen LogP contribution in [-0.2, 0) is 0 Å². The normalized spacial score (nSPS) is 21.2. The molecule has 4 rings (SSSR count). The fraction of sp³-hybridized carbons (Fsp3) is 0.533. The number of aromatic nitrogens is 2. The van der Waals surface area contributed by atoms with Gasteiger partial charge in [-0.2, -0.15) is 5.10 Å². The van der Waals surface area contributed by atoms with E-state index in [4.69, 9.17) is 0 Å². The van der Waals surface area contributed by atoms with Crippen molar-refractivity contribution in [1.82, 2.24) is 14.5 Å². The first kappa shape index (κ1) is 11.3. The summed E-state index contributed by atoms with van der Waals surface area (Å²) in [5.41, 5.74) is 3.98. The summed E-state index contributed by atoms with van der Waals surface area (Å²) in [7, 11) is 2.19. The highest BCUT2D eigenvalue weighted by atomic mass is 15.3. The van der Waals surface area contributed by atoms with Crippen LogP contribution in [0.4, 0.5) is 5.69 Å². The van der Waals surface area contributed by atoms with E-state index in [-0.39, 0.29) is 0 Å². The third kappa shape index (κ3) is 2.00. The van der Waals surface area contributed by atoms with E-state index in [9.17, 15) is 0 Å². The number of pyridine rings is 1. The van der Waals surface area contributed by atoms with Gasteiger partial charge in [-0.25, -0.2) is 4.52 Å². The van der Waals surface area contributed by atoms with Gasteiger partial charge in [-0.15, -0.1) is 0 Å². The Hall–Kier alpha value is -1.55. The summed E-state index contributed by atoms with van der Waals surface area (Å²) in [5.74, 6) is 0.792. The summed E-state index contributed by atoms with van der Waals surface area (Å²) in [5, 5.41) is 4.55. The predicted octanol–water partition coefficient (Wildman–Crippen LogP) is 1.96. The SMILES string of the molecule is CN1CCN(c2cnn3cc(C4CC4)ccc23)CC1. The van der Waals surface area contributed by atoms with E-state index in [1.54, 1.807) is 0 Å². The van der Waals surface area contributed by atoms with Gasteiger partial charge in [0.1, 0.15) is 0 Å². The third-order valence-corrected chi connectivity index (χ3v) is 4.41. The molecule has 1 saturated heterocycles.